The molecule has 0 unspecified atom stereocenters. The van der Waals surface area contributed by atoms with Crippen LogP contribution in [-0.2, 0) is 25.9 Å². The number of nitrogens with zero attached hydrogens (tertiary/aromatic N) is 2. The first-order valence-corrected chi connectivity index (χ1v) is 9.70. The van der Waals surface area contributed by atoms with E-state index in [1.807, 2.05) is 0 Å². The molecule has 30 heavy (non-hydrogen) atoms. The molecule has 0 aromatic carbocycles. The van der Waals surface area contributed by atoms with Crippen LogP contribution in [0.25, 0.3) is 11.1 Å². The molecule has 0 bridgehead atoms. The molecule has 0 N–H and O–H groups in total. The smallest absolute Gasteiger partial charge is 0.418 e. The number of aromatic nitrogens is 2. The third kappa shape index (κ3) is 9.13. The fourth-order valence-corrected chi connectivity index (χ4v) is 3.56. The lowest BCUT2D eigenvalue weighted by Gasteiger charge is -2.13. The van der Waals surface area contributed by atoms with Gasteiger partial charge in [-0.25, -0.2) is 9.13 Å². The van der Waals surface area contributed by atoms with Crippen molar-refractivity contribution < 1.29 is 43.7 Å². The number of rotatable bonds is 1. The van der Waals surface area contributed by atoms with E-state index in [9.17, 15) is 34.5 Å². The minimum Gasteiger partial charge on any atom is -0.418 e. The van der Waals surface area contributed by atoms with Crippen LogP contribution in [-0.4, -0.2) is 14.5 Å². The highest BCUT2D eigenvalue weighted by Gasteiger charge is 2.21. The maximum Gasteiger partial charge on any atom is 0.673 e. The van der Waals surface area contributed by atoms with E-state index in [0.717, 1.165) is 0 Å². The molecule has 0 amide bonds. The Kier molecular flexibility index (Phi) is 8.25. The van der Waals surface area contributed by atoms with E-state index >= 15 is 0 Å². The maximum atomic E-state index is 9.75. The lowest BCUT2D eigenvalue weighted by atomic mass is 10.00. The van der Waals surface area contributed by atoms with E-state index in [2.05, 4.69) is 45.8 Å². The third-order valence-electron chi connectivity index (χ3n) is 4.75. The lowest BCUT2D eigenvalue weighted by molar-refractivity contribution is -0.709. The molecule has 0 saturated carbocycles. The highest BCUT2D eigenvalue weighted by molar-refractivity contribution is 6.50. The van der Waals surface area contributed by atoms with E-state index in [4.69, 9.17) is 0 Å². The lowest BCUT2D eigenvalue weighted by Crippen LogP contribution is -2.41. The molecule has 0 aliphatic carbocycles. The molecule has 0 spiro atoms. The van der Waals surface area contributed by atoms with Crippen LogP contribution in [0, 0.1) is 0 Å². The molecule has 2 aromatic heterocycles. The Morgan fingerprint density at radius 3 is 1.23 bits per heavy atom. The Balaban J connectivity index is 0.000000271. The molecule has 2 nitrogen and oxygen atoms in total. The first-order valence-electron chi connectivity index (χ1n) is 9.70. The zero-order valence-electron chi connectivity index (χ0n) is 16.2. The van der Waals surface area contributed by atoms with Crippen LogP contribution < -0.4 is 9.13 Å². The zero-order valence-corrected chi connectivity index (χ0v) is 16.2. The predicted octanol–water partition coefficient (Wildman–Crippen LogP) is 5.20. The number of fused-ring (bicyclic) bond motifs is 2. The number of halogens is 8. The van der Waals surface area contributed by atoms with Crippen LogP contribution in [0.1, 0.15) is 37.1 Å². The summed E-state index contributed by atoms with van der Waals surface area (Å²) in [5.74, 6) is 0. The van der Waals surface area contributed by atoms with Crippen LogP contribution in [0.4, 0.5) is 34.5 Å². The molecule has 0 fully saturated rings. The van der Waals surface area contributed by atoms with Crippen molar-refractivity contribution in [3.05, 3.63) is 48.0 Å². The van der Waals surface area contributed by atoms with Gasteiger partial charge in [0.2, 0.25) is 0 Å². The average Bonchev–Trinajstić information content (AvgIpc) is 2.64. The van der Waals surface area contributed by atoms with Gasteiger partial charge in [0.1, 0.15) is 13.1 Å². The zero-order chi connectivity index (χ0) is 22.4. The molecular weight excluding hydrogens is 418 g/mol. The summed E-state index contributed by atoms with van der Waals surface area (Å²) in [6.07, 6.45) is 12.3. The summed E-state index contributed by atoms with van der Waals surface area (Å²) in [4.78, 5) is 0. The van der Waals surface area contributed by atoms with Gasteiger partial charge < -0.3 is 34.5 Å². The Labute approximate surface area is 169 Å². The number of hydrogen-bond donors (Lipinski definition) is 0. The third-order valence-corrected chi connectivity index (χ3v) is 4.75. The van der Waals surface area contributed by atoms with Crippen molar-refractivity contribution in [1.82, 2.24) is 0 Å². The SMILES string of the molecule is F[B-](F)(F)F.F[B-](F)(F)F.c1c[n+]2c(cc1-c1cc[n+]3c(c1)CCCC3)CCCC2. The molecule has 2 aliphatic rings. The molecule has 0 saturated heterocycles. The predicted molar refractivity (Wildman–Crippen MR) is 98.5 cm³/mol. The summed E-state index contributed by atoms with van der Waals surface area (Å²) in [5, 5.41) is 0. The Morgan fingerprint density at radius 2 is 0.900 bits per heavy atom. The van der Waals surface area contributed by atoms with Gasteiger partial charge in [0.15, 0.2) is 23.8 Å². The Bertz CT molecular complexity index is 758. The molecule has 4 rings (SSSR count). The standard InChI is InChI=1S/C18H22N2.2BF4/c1-3-9-19-11-7-15(13-17(19)5-1)16-8-12-20-10-4-2-6-18(20)14-16;2*2-1(3,4)5/h7-8,11-14H,1-6,9-10H2;;/q+2;2*-1. The normalized spacial score (nSPS) is 15.6. The van der Waals surface area contributed by atoms with Gasteiger partial charge in [-0.2, -0.15) is 0 Å². The largest absolute Gasteiger partial charge is 0.673 e. The molecular formula is C18H22B2F8N2. The number of pyridine rings is 2. The molecule has 166 valence electrons. The van der Waals surface area contributed by atoms with Crippen molar-refractivity contribution in [1.29, 1.82) is 0 Å². The maximum absolute atomic E-state index is 9.75. The van der Waals surface area contributed by atoms with Gasteiger partial charge in [-0.3, -0.25) is 0 Å². The van der Waals surface area contributed by atoms with Gasteiger partial charge in [0.25, 0.3) is 0 Å². The van der Waals surface area contributed by atoms with Crippen LogP contribution >= 0.6 is 0 Å². The molecule has 0 atom stereocenters. The summed E-state index contributed by atoms with van der Waals surface area (Å²) < 4.78 is 82.8. The van der Waals surface area contributed by atoms with E-state index < -0.39 is 14.5 Å². The topological polar surface area (TPSA) is 7.76 Å². The van der Waals surface area contributed by atoms with Crippen molar-refractivity contribution in [2.45, 2.75) is 51.6 Å². The van der Waals surface area contributed by atoms with E-state index in [1.54, 1.807) is 0 Å². The van der Waals surface area contributed by atoms with Gasteiger partial charge in [-0.1, -0.05) is 0 Å². The van der Waals surface area contributed by atoms with Crippen LogP contribution in [0.5, 0.6) is 0 Å². The fraction of sp³-hybridized carbons (Fsp3) is 0.444. The second kappa shape index (κ2) is 10.3. The van der Waals surface area contributed by atoms with Crippen LogP contribution in [0.2, 0.25) is 0 Å². The van der Waals surface area contributed by atoms with Crippen LogP contribution in [0.3, 0.4) is 0 Å². The van der Waals surface area contributed by atoms with Crippen molar-refractivity contribution >= 4 is 14.5 Å². The van der Waals surface area contributed by atoms with Gasteiger partial charge in [-0.15, -0.1) is 0 Å². The quantitative estimate of drug-likeness (QED) is 0.328. The summed E-state index contributed by atoms with van der Waals surface area (Å²) in [7, 11) is -12.0. The van der Waals surface area contributed by atoms with Gasteiger partial charge in [0, 0.05) is 49.9 Å². The number of aryl methyl sites for hydroxylation is 4. The molecule has 4 heterocycles. The summed E-state index contributed by atoms with van der Waals surface area (Å²) in [5.41, 5.74) is 5.76. The average molecular weight is 440 g/mol. The molecule has 12 heteroatoms. The van der Waals surface area contributed by atoms with Crippen LogP contribution in [0.15, 0.2) is 36.7 Å². The van der Waals surface area contributed by atoms with E-state index in [-0.39, 0.29) is 0 Å². The minimum absolute atomic E-state index is 1.19. The van der Waals surface area contributed by atoms with Gasteiger partial charge in [-0.05, 0) is 24.0 Å². The van der Waals surface area contributed by atoms with Crippen molar-refractivity contribution in [3.63, 3.8) is 0 Å². The highest BCUT2D eigenvalue weighted by atomic mass is 19.5. The number of hydrogen-bond acceptors (Lipinski definition) is 0. The second-order valence-electron chi connectivity index (χ2n) is 7.10. The van der Waals surface area contributed by atoms with E-state index in [0.29, 0.717) is 0 Å². The summed E-state index contributed by atoms with van der Waals surface area (Å²) in [6, 6.07) is 9.36. The van der Waals surface area contributed by atoms with Gasteiger partial charge in [0.05, 0.1) is 0 Å². The minimum atomic E-state index is -6.00. The molecule has 2 aliphatic heterocycles. The van der Waals surface area contributed by atoms with E-state index in [1.165, 1.54) is 74.1 Å². The molecule has 2 aromatic rings. The van der Waals surface area contributed by atoms with Gasteiger partial charge >= 0.3 is 14.5 Å². The molecule has 0 radical (unpaired) electrons. The highest BCUT2D eigenvalue weighted by Crippen LogP contribution is 2.22. The monoisotopic (exact) mass is 440 g/mol. The Morgan fingerprint density at radius 1 is 0.567 bits per heavy atom. The van der Waals surface area contributed by atoms with Crippen molar-refractivity contribution in [2.24, 2.45) is 0 Å². The summed E-state index contributed by atoms with van der Waals surface area (Å²) in [6.45, 7) is 2.38. The Hall–Kier alpha value is -2.13. The fourth-order valence-electron chi connectivity index (χ4n) is 3.56. The first-order chi connectivity index (χ1) is 13.9. The second-order valence-corrected chi connectivity index (χ2v) is 7.10. The van der Waals surface area contributed by atoms with Crippen molar-refractivity contribution in [3.8, 4) is 11.1 Å². The first kappa shape index (κ1) is 24.1. The van der Waals surface area contributed by atoms with Crippen molar-refractivity contribution in [2.75, 3.05) is 0 Å². The summed E-state index contributed by atoms with van der Waals surface area (Å²) >= 11 is 0.